The van der Waals surface area contributed by atoms with Gasteiger partial charge in [0.05, 0.1) is 22.7 Å². The fourth-order valence-electron chi connectivity index (χ4n) is 2.63. The summed E-state index contributed by atoms with van der Waals surface area (Å²) < 4.78 is 5.05. The minimum atomic E-state index is -0.188. The van der Waals surface area contributed by atoms with E-state index >= 15 is 0 Å². The molecule has 2 heterocycles. The topological polar surface area (TPSA) is 66.7 Å². The third-order valence-corrected chi connectivity index (χ3v) is 4.81. The first-order chi connectivity index (χ1) is 12.5. The van der Waals surface area contributed by atoms with Gasteiger partial charge < -0.3 is 14.3 Å². The van der Waals surface area contributed by atoms with Gasteiger partial charge in [-0.15, -0.1) is 11.3 Å². The van der Waals surface area contributed by atoms with E-state index in [1.165, 1.54) is 16.2 Å². The zero-order chi connectivity index (χ0) is 18.7. The highest BCUT2D eigenvalue weighted by atomic mass is 32.1. The molecule has 0 N–H and O–H groups in total. The summed E-state index contributed by atoms with van der Waals surface area (Å²) in [4.78, 5) is 29.2. The maximum absolute atomic E-state index is 12.9. The molecule has 0 spiro atoms. The molecule has 6 nitrogen and oxygen atoms in total. The number of thiophene rings is 1. The van der Waals surface area contributed by atoms with Crippen LogP contribution in [0.3, 0.4) is 0 Å². The number of anilines is 1. The third kappa shape index (κ3) is 3.67. The predicted molar refractivity (Wildman–Crippen MR) is 101 cm³/mol. The molecular formula is C19H19N3O3S. The van der Waals surface area contributed by atoms with Gasteiger partial charge in [-0.05, 0) is 30.5 Å². The van der Waals surface area contributed by atoms with Gasteiger partial charge in [-0.3, -0.25) is 9.59 Å². The van der Waals surface area contributed by atoms with Crippen molar-refractivity contribution in [3.05, 3.63) is 69.7 Å². The molecule has 7 heteroatoms. The average Bonchev–Trinajstić information content (AvgIpc) is 3.31. The third-order valence-electron chi connectivity index (χ3n) is 3.96. The number of benzene rings is 1. The van der Waals surface area contributed by atoms with E-state index in [0.717, 1.165) is 0 Å². The lowest BCUT2D eigenvalue weighted by atomic mass is 10.1. The molecule has 26 heavy (non-hydrogen) atoms. The van der Waals surface area contributed by atoms with Gasteiger partial charge in [0, 0.05) is 20.2 Å². The second-order valence-electron chi connectivity index (χ2n) is 5.95. The molecule has 0 saturated carbocycles. The molecule has 0 aliphatic carbocycles. The van der Waals surface area contributed by atoms with Crippen molar-refractivity contribution in [1.29, 1.82) is 0 Å². The van der Waals surface area contributed by atoms with Gasteiger partial charge in [-0.2, -0.15) is 0 Å². The molecule has 0 aliphatic rings. The highest BCUT2D eigenvalue weighted by molar-refractivity contribution is 7.12. The highest BCUT2D eigenvalue weighted by Gasteiger charge is 2.22. The second kappa shape index (κ2) is 7.53. The SMILES string of the molecule is Cc1cc(CN(C)C(=O)c2ccccc2N(C)C(=O)c2cccs2)no1. The zero-order valence-corrected chi connectivity index (χ0v) is 15.6. The van der Waals surface area contributed by atoms with Crippen LogP contribution >= 0.6 is 11.3 Å². The molecule has 0 bridgehead atoms. The minimum absolute atomic E-state index is 0.143. The van der Waals surface area contributed by atoms with Crippen molar-refractivity contribution in [2.45, 2.75) is 13.5 Å². The number of hydrogen-bond acceptors (Lipinski definition) is 5. The van der Waals surface area contributed by atoms with Crippen molar-refractivity contribution < 1.29 is 14.1 Å². The molecule has 3 rings (SSSR count). The molecular weight excluding hydrogens is 350 g/mol. The molecule has 2 amide bonds. The van der Waals surface area contributed by atoms with E-state index in [4.69, 9.17) is 4.52 Å². The van der Waals surface area contributed by atoms with Gasteiger partial charge in [0.2, 0.25) is 0 Å². The average molecular weight is 369 g/mol. The minimum Gasteiger partial charge on any atom is -0.361 e. The van der Waals surface area contributed by atoms with Crippen molar-refractivity contribution in [3.8, 4) is 0 Å². The Morgan fingerprint density at radius 3 is 2.54 bits per heavy atom. The lowest BCUT2D eigenvalue weighted by Gasteiger charge is -2.22. The number of hydrogen-bond donors (Lipinski definition) is 0. The molecule has 0 aliphatic heterocycles. The predicted octanol–water partition coefficient (Wildman–Crippen LogP) is 3.59. The zero-order valence-electron chi connectivity index (χ0n) is 14.8. The van der Waals surface area contributed by atoms with Crippen LogP contribution in [0.1, 0.15) is 31.5 Å². The number of para-hydroxylation sites is 1. The quantitative estimate of drug-likeness (QED) is 0.689. The summed E-state index contributed by atoms with van der Waals surface area (Å²) in [5.74, 6) is 0.365. The molecule has 0 fully saturated rings. The van der Waals surface area contributed by atoms with Gasteiger partial charge in [0.15, 0.2) is 0 Å². The van der Waals surface area contributed by atoms with E-state index in [2.05, 4.69) is 5.16 Å². The fraction of sp³-hybridized carbons (Fsp3) is 0.211. The summed E-state index contributed by atoms with van der Waals surface area (Å²) in [6, 6.07) is 12.5. The Kier molecular flexibility index (Phi) is 5.18. The van der Waals surface area contributed by atoms with Crippen LogP contribution in [0.5, 0.6) is 0 Å². The van der Waals surface area contributed by atoms with E-state index in [9.17, 15) is 9.59 Å². The summed E-state index contributed by atoms with van der Waals surface area (Å²) in [5, 5.41) is 5.77. The summed E-state index contributed by atoms with van der Waals surface area (Å²) in [6.07, 6.45) is 0. The monoisotopic (exact) mass is 369 g/mol. The summed E-state index contributed by atoms with van der Waals surface area (Å²) in [6.45, 7) is 2.13. The molecule has 0 saturated heterocycles. The normalized spacial score (nSPS) is 10.6. The number of aromatic nitrogens is 1. The fourth-order valence-corrected chi connectivity index (χ4v) is 3.33. The Balaban J connectivity index is 1.84. The van der Waals surface area contributed by atoms with Crippen molar-refractivity contribution in [1.82, 2.24) is 10.1 Å². The Morgan fingerprint density at radius 1 is 1.12 bits per heavy atom. The van der Waals surface area contributed by atoms with Crippen LogP contribution in [0.2, 0.25) is 0 Å². The molecule has 134 valence electrons. The van der Waals surface area contributed by atoms with Gasteiger partial charge in [0.25, 0.3) is 11.8 Å². The number of carbonyl (C=O) groups is 2. The molecule has 0 atom stereocenters. The maximum Gasteiger partial charge on any atom is 0.268 e. The number of carbonyl (C=O) groups excluding carboxylic acids is 2. The standard InChI is InChI=1S/C19H19N3O3S/c1-13-11-14(20-25-13)12-21(2)18(23)15-7-4-5-8-16(15)22(3)19(24)17-9-6-10-26-17/h4-11H,12H2,1-3H3. The number of nitrogens with zero attached hydrogens (tertiary/aromatic N) is 3. The van der Waals surface area contributed by atoms with Gasteiger partial charge in [0.1, 0.15) is 11.5 Å². The van der Waals surface area contributed by atoms with Gasteiger partial charge in [-0.25, -0.2) is 0 Å². The van der Waals surface area contributed by atoms with E-state index in [-0.39, 0.29) is 11.8 Å². The van der Waals surface area contributed by atoms with Crippen molar-refractivity contribution >= 4 is 28.8 Å². The van der Waals surface area contributed by atoms with Crippen molar-refractivity contribution in [2.24, 2.45) is 0 Å². The molecule has 2 aromatic heterocycles. The smallest absolute Gasteiger partial charge is 0.268 e. The first-order valence-electron chi connectivity index (χ1n) is 8.05. The second-order valence-corrected chi connectivity index (χ2v) is 6.90. The first-order valence-corrected chi connectivity index (χ1v) is 8.93. The van der Waals surface area contributed by atoms with Crippen LogP contribution in [0.4, 0.5) is 5.69 Å². The van der Waals surface area contributed by atoms with E-state index < -0.39 is 0 Å². The van der Waals surface area contributed by atoms with Crippen molar-refractivity contribution in [2.75, 3.05) is 19.0 Å². The number of rotatable bonds is 5. The van der Waals surface area contributed by atoms with Crippen LogP contribution < -0.4 is 4.90 Å². The van der Waals surface area contributed by atoms with Crippen LogP contribution in [-0.4, -0.2) is 36.0 Å². The van der Waals surface area contributed by atoms with Crippen LogP contribution in [0, 0.1) is 6.92 Å². The summed E-state index contributed by atoms with van der Waals surface area (Å²) in [5.41, 5.74) is 1.71. The highest BCUT2D eigenvalue weighted by Crippen LogP contribution is 2.24. The molecule has 3 aromatic rings. The van der Waals surface area contributed by atoms with Gasteiger partial charge >= 0.3 is 0 Å². The Bertz CT molecular complexity index is 918. The largest absolute Gasteiger partial charge is 0.361 e. The van der Waals surface area contributed by atoms with Gasteiger partial charge in [-0.1, -0.05) is 23.4 Å². The lowest BCUT2D eigenvalue weighted by molar-refractivity contribution is 0.0783. The molecule has 1 aromatic carbocycles. The molecule has 0 radical (unpaired) electrons. The maximum atomic E-state index is 12.9. The lowest BCUT2D eigenvalue weighted by Crippen LogP contribution is -2.31. The van der Waals surface area contributed by atoms with Crippen LogP contribution in [-0.2, 0) is 6.54 Å². The Hall–Kier alpha value is -2.93. The Labute approximate surface area is 155 Å². The molecule has 0 unspecified atom stereocenters. The van der Waals surface area contributed by atoms with Crippen LogP contribution in [0.25, 0.3) is 0 Å². The van der Waals surface area contributed by atoms with E-state index in [1.54, 1.807) is 56.3 Å². The summed E-state index contributed by atoms with van der Waals surface area (Å²) in [7, 11) is 3.37. The van der Waals surface area contributed by atoms with E-state index in [0.29, 0.717) is 34.1 Å². The summed E-state index contributed by atoms with van der Waals surface area (Å²) >= 11 is 1.37. The number of amides is 2. The van der Waals surface area contributed by atoms with Crippen molar-refractivity contribution in [3.63, 3.8) is 0 Å². The van der Waals surface area contributed by atoms with Crippen LogP contribution in [0.15, 0.2) is 52.4 Å². The number of aryl methyl sites for hydroxylation is 1. The first kappa shape index (κ1) is 17.9. The Morgan fingerprint density at radius 2 is 1.88 bits per heavy atom. The van der Waals surface area contributed by atoms with E-state index in [1.807, 2.05) is 17.5 Å².